The lowest BCUT2D eigenvalue weighted by Crippen LogP contribution is -1.93. The van der Waals surface area contributed by atoms with Crippen LogP contribution in [0.3, 0.4) is 0 Å². The van der Waals surface area contributed by atoms with Gasteiger partial charge in [0.1, 0.15) is 11.6 Å². The van der Waals surface area contributed by atoms with E-state index in [9.17, 15) is 0 Å². The van der Waals surface area contributed by atoms with Crippen molar-refractivity contribution in [3.05, 3.63) is 60.2 Å². The molecule has 3 aromatic rings. The van der Waals surface area contributed by atoms with Crippen LogP contribution in [0.4, 0.5) is 5.69 Å². The fourth-order valence-corrected chi connectivity index (χ4v) is 2.01. The number of H-pyrrole nitrogens is 1. The van der Waals surface area contributed by atoms with E-state index in [1.54, 1.807) is 12.4 Å². The molecule has 2 N–H and O–H groups in total. The SMILES string of the molecule is Cc1ccnc(-c2ccc(NC=C(C#N)c3nn[nH]n3)cc2)c1. The number of hydrogen-bond donors (Lipinski definition) is 2. The Hall–Kier alpha value is -3.53. The summed E-state index contributed by atoms with van der Waals surface area (Å²) in [4.78, 5) is 4.36. The molecule has 112 valence electrons. The first kappa shape index (κ1) is 14.4. The molecule has 0 unspecified atom stereocenters. The topological polar surface area (TPSA) is 103 Å². The van der Waals surface area contributed by atoms with E-state index in [0.717, 1.165) is 16.9 Å². The van der Waals surface area contributed by atoms with Crippen LogP contribution in [0, 0.1) is 18.3 Å². The highest BCUT2D eigenvalue weighted by molar-refractivity contribution is 5.74. The monoisotopic (exact) mass is 303 g/mol. The van der Waals surface area contributed by atoms with E-state index >= 15 is 0 Å². The number of nitrogens with zero attached hydrogens (tertiary/aromatic N) is 5. The Balaban J connectivity index is 1.77. The average molecular weight is 303 g/mol. The Labute approximate surface area is 132 Å². The molecule has 23 heavy (non-hydrogen) atoms. The number of tetrazole rings is 1. The lowest BCUT2D eigenvalue weighted by Gasteiger charge is -2.05. The number of nitrogens with one attached hydrogen (secondary N) is 2. The van der Waals surface area contributed by atoms with E-state index in [2.05, 4.69) is 30.9 Å². The van der Waals surface area contributed by atoms with Crippen molar-refractivity contribution in [3.8, 4) is 17.3 Å². The summed E-state index contributed by atoms with van der Waals surface area (Å²) in [5.41, 5.74) is 4.26. The van der Waals surface area contributed by atoms with Gasteiger partial charge in [-0.25, -0.2) is 0 Å². The highest BCUT2D eigenvalue weighted by Crippen LogP contribution is 2.20. The quantitative estimate of drug-likeness (QED) is 0.718. The molecule has 1 aromatic carbocycles. The molecule has 7 heteroatoms. The van der Waals surface area contributed by atoms with Crippen LogP contribution in [-0.2, 0) is 0 Å². The average Bonchev–Trinajstić information content (AvgIpc) is 3.10. The molecule has 2 aromatic heterocycles. The summed E-state index contributed by atoms with van der Waals surface area (Å²) in [6, 6.07) is 13.8. The lowest BCUT2D eigenvalue weighted by atomic mass is 10.1. The van der Waals surface area contributed by atoms with Crippen molar-refractivity contribution in [1.29, 1.82) is 5.26 Å². The second-order valence-electron chi connectivity index (χ2n) is 4.85. The van der Waals surface area contributed by atoms with Crippen LogP contribution in [0.1, 0.15) is 11.4 Å². The van der Waals surface area contributed by atoms with Crippen molar-refractivity contribution in [1.82, 2.24) is 25.6 Å². The maximum atomic E-state index is 9.11. The molecule has 0 radical (unpaired) electrons. The number of nitriles is 1. The van der Waals surface area contributed by atoms with Gasteiger partial charge in [-0.2, -0.15) is 10.5 Å². The van der Waals surface area contributed by atoms with Crippen LogP contribution in [0.25, 0.3) is 16.8 Å². The molecule has 0 aliphatic heterocycles. The number of pyridine rings is 1. The molecule has 0 aliphatic carbocycles. The zero-order valence-corrected chi connectivity index (χ0v) is 12.4. The minimum atomic E-state index is 0.251. The first-order valence-electron chi connectivity index (χ1n) is 6.90. The standard InChI is InChI=1S/C16H13N7/c1-11-6-7-18-15(8-11)12-2-4-14(5-3-12)19-10-13(9-17)16-20-22-23-21-16/h2-8,10,19H,1H3,(H,20,21,22,23). The summed E-state index contributed by atoms with van der Waals surface area (Å²) in [6.07, 6.45) is 3.34. The van der Waals surface area contributed by atoms with E-state index in [1.807, 2.05) is 49.4 Å². The van der Waals surface area contributed by atoms with Crippen LogP contribution in [0.2, 0.25) is 0 Å². The number of anilines is 1. The second kappa shape index (κ2) is 6.49. The Morgan fingerprint density at radius 3 is 2.74 bits per heavy atom. The molecule has 0 bridgehead atoms. The molecule has 0 fully saturated rings. The number of aryl methyl sites for hydroxylation is 1. The molecular weight excluding hydrogens is 290 g/mol. The van der Waals surface area contributed by atoms with Gasteiger partial charge in [0.25, 0.3) is 0 Å². The van der Waals surface area contributed by atoms with Gasteiger partial charge in [-0.15, -0.1) is 10.2 Å². The first-order valence-corrected chi connectivity index (χ1v) is 6.90. The van der Waals surface area contributed by atoms with Gasteiger partial charge in [-0.3, -0.25) is 4.98 Å². The number of benzene rings is 1. The largest absolute Gasteiger partial charge is 0.360 e. The zero-order valence-electron chi connectivity index (χ0n) is 12.4. The van der Waals surface area contributed by atoms with E-state index < -0.39 is 0 Å². The van der Waals surface area contributed by atoms with E-state index in [1.165, 1.54) is 5.56 Å². The van der Waals surface area contributed by atoms with Crippen molar-refractivity contribution in [2.24, 2.45) is 0 Å². The van der Waals surface area contributed by atoms with E-state index in [0.29, 0.717) is 5.57 Å². The fraction of sp³-hybridized carbons (Fsp3) is 0.0625. The molecule has 2 heterocycles. The van der Waals surface area contributed by atoms with Gasteiger partial charge in [-0.1, -0.05) is 12.1 Å². The minimum Gasteiger partial charge on any atom is -0.360 e. The maximum absolute atomic E-state index is 9.11. The second-order valence-corrected chi connectivity index (χ2v) is 4.85. The summed E-state index contributed by atoms with van der Waals surface area (Å²) >= 11 is 0. The van der Waals surface area contributed by atoms with Crippen LogP contribution in [0.5, 0.6) is 0 Å². The van der Waals surface area contributed by atoms with Gasteiger partial charge in [0, 0.05) is 23.6 Å². The molecule has 0 spiro atoms. The van der Waals surface area contributed by atoms with Crippen LogP contribution in [0.15, 0.2) is 48.8 Å². The van der Waals surface area contributed by atoms with Crippen molar-refractivity contribution >= 4 is 11.3 Å². The molecule has 0 atom stereocenters. The third kappa shape index (κ3) is 3.39. The third-order valence-electron chi connectivity index (χ3n) is 3.19. The van der Waals surface area contributed by atoms with Crippen LogP contribution in [-0.4, -0.2) is 25.6 Å². The minimum absolute atomic E-state index is 0.251. The Bertz CT molecular complexity index is 858. The summed E-state index contributed by atoms with van der Waals surface area (Å²) in [7, 11) is 0. The zero-order chi connectivity index (χ0) is 16.1. The van der Waals surface area contributed by atoms with E-state index in [4.69, 9.17) is 5.26 Å². The van der Waals surface area contributed by atoms with Gasteiger partial charge in [0.05, 0.1) is 5.69 Å². The maximum Gasteiger partial charge on any atom is 0.216 e. The molecule has 3 rings (SSSR count). The molecular formula is C16H13N7. The molecule has 0 amide bonds. The van der Waals surface area contributed by atoms with Crippen LogP contribution < -0.4 is 5.32 Å². The van der Waals surface area contributed by atoms with Crippen molar-refractivity contribution in [3.63, 3.8) is 0 Å². The Kier molecular flexibility index (Phi) is 4.07. The van der Waals surface area contributed by atoms with Crippen molar-refractivity contribution < 1.29 is 0 Å². The number of hydrogen-bond acceptors (Lipinski definition) is 6. The number of aromatic amines is 1. The van der Waals surface area contributed by atoms with Gasteiger partial charge >= 0.3 is 0 Å². The highest BCUT2D eigenvalue weighted by atomic mass is 15.5. The predicted molar refractivity (Wildman–Crippen MR) is 85.8 cm³/mol. The predicted octanol–water partition coefficient (Wildman–Crippen LogP) is 2.55. The Morgan fingerprint density at radius 2 is 2.09 bits per heavy atom. The number of rotatable bonds is 4. The molecule has 0 saturated carbocycles. The molecule has 0 aliphatic rings. The van der Waals surface area contributed by atoms with Gasteiger partial charge in [0.2, 0.25) is 5.82 Å². The first-order chi connectivity index (χ1) is 11.3. The van der Waals surface area contributed by atoms with Crippen molar-refractivity contribution in [2.75, 3.05) is 5.32 Å². The van der Waals surface area contributed by atoms with Gasteiger partial charge < -0.3 is 5.32 Å². The Morgan fingerprint density at radius 1 is 1.26 bits per heavy atom. The summed E-state index contributed by atoms with van der Waals surface area (Å²) in [6.45, 7) is 2.03. The lowest BCUT2D eigenvalue weighted by molar-refractivity contribution is 0.881. The number of allylic oxidation sites excluding steroid dienone is 1. The smallest absolute Gasteiger partial charge is 0.216 e. The van der Waals surface area contributed by atoms with Gasteiger partial charge in [0.15, 0.2) is 0 Å². The third-order valence-corrected chi connectivity index (χ3v) is 3.19. The molecule has 0 saturated heterocycles. The van der Waals surface area contributed by atoms with E-state index in [-0.39, 0.29) is 5.82 Å². The summed E-state index contributed by atoms with van der Waals surface area (Å²) < 4.78 is 0. The summed E-state index contributed by atoms with van der Waals surface area (Å²) in [5.74, 6) is 0.251. The van der Waals surface area contributed by atoms with Crippen LogP contribution >= 0.6 is 0 Å². The number of aromatic nitrogens is 5. The van der Waals surface area contributed by atoms with Crippen molar-refractivity contribution in [2.45, 2.75) is 6.92 Å². The summed E-state index contributed by atoms with van der Waals surface area (Å²) in [5, 5.41) is 25.5. The highest BCUT2D eigenvalue weighted by Gasteiger charge is 2.05. The van der Waals surface area contributed by atoms with Gasteiger partial charge in [-0.05, 0) is 42.0 Å². The molecule has 7 nitrogen and oxygen atoms in total. The fourth-order valence-electron chi connectivity index (χ4n) is 2.01. The normalized spacial score (nSPS) is 11.0.